The molecule has 1 aliphatic heterocycles. The molecule has 1 saturated heterocycles. The van der Waals surface area contributed by atoms with Gasteiger partial charge in [0.2, 0.25) is 0 Å². The number of thiophene rings is 1. The van der Waals surface area contributed by atoms with E-state index in [1.807, 2.05) is 6.07 Å². The van der Waals surface area contributed by atoms with E-state index < -0.39 is 0 Å². The van der Waals surface area contributed by atoms with E-state index in [1.165, 1.54) is 10.4 Å². The van der Waals surface area contributed by atoms with Crippen LogP contribution < -0.4 is 0 Å². The second-order valence-corrected chi connectivity index (χ2v) is 9.39. The van der Waals surface area contributed by atoms with Gasteiger partial charge in [-0.15, -0.1) is 21.5 Å². The van der Waals surface area contributed by atoms with Crippen molar-refractivity contribution in [3.63, 3.8) is 0 Å². The minimum atomic E-state index is 0.259. The minimum Gasteiger partial charge on any atom is -0.376 e. The first kappa shape index (κ1) is 18.2. The summed E-state index contributed by atoms with van der Waals surface area (Å²) in [5, 5.41) is 12.1. The van der Waals surface area contributed by atoms with Crippen molar-refractivity contribution in [3.05, 3.63) is 50.6 Å². The van der Waals surface area contributed by atoms with Crippen LogP contribution in [0.25, 0.3) is 11.4 Å². The van der Waals surface area contributed by atoms with Gasteiger partial charge >= 0.3 is 0 Å². The lowest BCUT2D eigenvalue weighted by Gasteiger charge is -2.14. The largest absolute Gasteiger partial charge is 0.376 e. The summed E-state index contributed by atoms with van der Waals surface area (Å²) in [6, 6.07) is 10.6. The second kappa shape index (κ2) is 8.25. The Balaban J connectivity index is 1.59. The fourth-order valence-electron chi connectivity index (χ4n) is 3.10. The van der Waals surface area contributed by atoms with Gasteiger partial charge < -0.3 is 4.74 Å². The fourth-order valence-corrected chi connectivity index (χ4v) is 5.12. The van der Waals surface area contributed by atoms with Crippen LogP contribution in [-0.4, -0.2) is 27.5 Å². The Bertz CT molecular complexity index is 887. The first-order valence-electron chi connectivity index (χ1n) is 8.66. The molecule has 1 fully saturated rings. The lowest BCUT2D eigenvalue weighted by Crippen LogP contribution is -2.16. The molecule has 0 N–H and O–H groups in total. The third kappa shape index (κ3) is 4.22. The highest BCUT2D eigenvalue weighted by Gasteiger charge is 2.22. The number of nitrogens with zero attached hydrogens (tertiary/aromatic N) is 3. The second-order valence-electron chi connectivity index (χ2n) is 6.42. The summed E-state index contributed by atoms with van der Waals surface area (Å²) in [6.07, 6.45) is 2.51. The highest BCUT2D eigenvalue weighted by molar-refractivity contribution is 9.10. The van der Waals surface area contributed by atoms with Crippen molar-refractivity contribution < 1.29 is 4.74 Å². The van der Waals surface area contributed by atoms with Crippen LogP contribution in [0.4, 0.5) is 0 Å². The van der Waals surface area contributed by atoms with Crippen molar-refractivity contribution in [3.8, 4) is 11.4 Å². The molecule has 1 aliphatic rings. The third-order valence-corrected chi connectivity index (χ3v) is 6.77. The summed E-state index contributed by atoms with van der Waals surface area (Å²) in [5.41, 5.74) is 2.41. The standard InChI is InChI=1S/C19H20BrN3OS2/c1-13-8-15(12-25-13)18-21-22-19(23(18)10-17-6-3-7-24-17)26-11-14-4-2-5-16(20)9-14/h2,4-5,8-9,12,17H,3,6-7,10-11H2,1H3. The zero-order valence-corrected chi connectivity index (χ0v) is 17.7. The molecule has 3 aromatic rings. The van der Waals surface area contributed by atoms with Crippen LogP contribution in [0, 0.1) is 6.92 Å². The molecule has 1 atom stereocenters. The van der Waals surface area contributed by atoms with Gasteiger partial charge in [-0.3, -0.25) is 4.57 Å². The summed E-state index contributed by atoms with van der Waals surface area (Å²) in [4.78, 5) is 1.29. The Morgan fingerprint density at radius 3 is 3.00 bits per heavy atom. The number of aryl methyl sites for hydroxylation is 1. The number of benzene rings is 1. The van der Waals surface area contributed by atoms with Crippen molar-refractivity contribution >= 4 is 39.0 Å². The maximum atomic E-state index is 5.87. The minimum absolute atomic E-state index is 0.259. The van der Waals surface area contributed by atoms with E-state index in [-0.39, 0.29) is 6.10 Å². The topological polar surface area (TPSA) is 39.9 Å². The van der Waals surface area contributed by atoms with Gasteiger partial charge in [0.15, 0.2) is 11.0 Å². The molecule has 0 bridgehead atoms. The van der Waals surface area contributed by atoms with Crippen LogP contribution in [0.1, 0.15) is 23.3 Å². The Kier molecular flexibility index (Phi) is 5.78. The Hall–Kier alpha value is -1.15. The predicted molar refractivity (Wildman–Crippen MR) is 111 cm³/mol. The van der Waals surface area contributed by atoms with Crippen LogP contribution in [-0.2, 0) is 17.0 Å². The maximum absolute atomic E-state index is 5.87. The summed E-state index contributed by atoms with van der Waals surface area (Å²) >= 11 is 7.02. The molecule has 1 unspecified atom stereocenters. The molecule has 4 rings (SSSR count). The van der Waals surface area contributed by atoms with Gasteiger partial charge in [0.25, 0.3) is 0 Å². The van der Waals surface area contributed by atoms with Crippen molar-refractivity contribution in [2.24, 2.45) is 0 Å². The van der Waals surface area contributed by atoms with Crippen molar-refractivity contribution in [1.29, 1.82) is 0 Å². The lowest BCUT2D eigenvalue weighted by atomic mass is 10.2. The normalized spacial score (nSPS) is 17.1. The Labute approximate surface area is 170 Å². The number of ether oxygens (including phenoxy) is 1. The first-order chi connectivity index (χ1) is 12.7. The summed E-state index contributed by atoms with van der Waals surface area (Å²) in [7, 11) is 0. The van der Waals surface area contributed by atoms with Crippen LogP contribution in [0.3, 0.4) is 0 Å². The fraction of sp³-hybridized carbons (Fsp3) is 0.368. The third-order valence-electron chi connectivity index (χ3n) is 4.37. The van der Waals surface area contributed by atoms with Gasteiger partial charge in [-0.2, -0.15) is 0 Å². The van der Waals surface area contributed by atoms with Crippen LogP contribution in [0.5, 0.6) is 0 Å². The molecule has 0 spiro atoms. The number of halogens is 1. The molecule has 2 aromatic heterocycles. The molecule has 0 amide bonds. The molecular weight excluding hydrogens is 430 g/mol. The molecule has 0 aliphatic carbocycles. The predicted octanol–water partition coefficient (Wildman–Crippen LogP) is 5.55. The van der Waals surface area contributed by atoms with Crippen LogP contribution in [0.2, 0.25) is 0 Å². The molecular formula is C19H20BrN3OS2. The lowest BCUT2D eigenvalue weighted by molar-refractivity contribution is 0.0953. The van der Waals surface area contributed by atoms with E-state index in [1.54, 1.807) is 23.1 Å². The quantitative estimate of drug-likeness (QED) is 0.462. The van der Waals surface area contributed by atoms with E-state index in [0.717, 1.165) is 52.8 Å². The molecule has 1 aromatic carbocycles. The van der Waals surface area contributed by atoms with Crippen molar-refractivity contribution in [1.82, 2.24) is 14.8 Å². The molecule has 4 nitrogen and oxygen atoms in total. The molecule has 0 saturated carbocycles. The maximum Gasteiger partial charge on any atom is 0.191 e. The summed E-state index contributed by atoms with van der Waals surface area (Å²) < 4.78 is 9.21. The van der Waals surface area contributed by atoms with Gasteiger partial charge in [-0.1, -0.05) is 39.8 Å². The average Bonchev–Trinajstić information content (AvgIpc) is 3.35. The number of rotatable bonds is 6. The van der Waals surface area contributed by atoms with Crippen molar-refractivity contribution in [2.75, 3.05) is 6.61 Å². The van der Waals surface area contributed by atoms with Gasteiger partial charge in [0.05, 0.1) is 12.6 Å². The Morgan fingerprint density at radius 1 is 1.35 bits per heavy atom. The zero-order chi connectivity index (χ0) is 17.9. The number of aromatic nitrogens is 3. The van der Waals surface area contributed by atoms with Gasteiger partial charge in [-0.05, 0) is 43.5 Å². The number of hydrogen-bond donors (Lipinski definition) is 0. The highest BCUT2D eigenvalue weighted by Crippen LogP contribution is 2.30. The van der Waals surface area contributed by atoms with Crippen LogP contribution >= 0.6 is 39.0 Å². The first-order valence-corrected chi connectivity index (χ1v) is 11.3. The van der Waals surface area contributed by atoms with Crippen LogP contribution in [0.15, 0.2) is 45.3 Å². The van der Waals surface area contributed by atoms with Crippen molar-refractivity contribution in [2.45, 2.75) is 43.3 Å². The zero-order valence-electron chi connectivity index (χ0n) is 14.5. The molecule has 3 heterocycles. The van der Waals surface area contributed by atoms with E-state index in [0.29, 0.717) is 0 Å². The van der Waals surface area contributed by atoms with Gasteiger partial charge in [-0.25, -0.2) is 0 Å². The SMILES string of the molecule is Cc1cc(-c2nnc(SCc3cccc(Br)c3)n2CC2CCCO2)cs1. The van der Waals surface area contributed by atoms with E-state index in [9.17, 15) is 0 Å². The molecule has 7 heteroatoms. The monoisotopic (exact) mass is 449 g/mol. The highest BCUT2D eigenvalue weighted by atomic mass is 79.9. The summed E-state index contributed by atoms with van der Waals surface area (Å²) in [5.74, 6) is 1.81. The molecule has 0 radical (unpaired) electrons. The number of thioether (sulfide) groups is 1. The summed E-state index contributed by atoms with van der Waals surface area (Å²) in [6.45, 7) is 3.80. The van der Waals surface area contributed by atoms with Gasteiger partial charge in [0, 0.05) is 32.7 Å². The van der Waals surface area contributed by atoms with E-state index in [2.05, 4.69) is 67.3 Å². The molecule has 136 valence electrons. The Morgan fingerprint density at radius 2 is 2.27 bits per heavy atom. The molecule has 26 heavy (non-hydrogen) atoms. The average molecular weight is 450 g/mol. The van der Waals surface area contributed by atoms with E-state index in [4.69, 9.17) is 4.74 Å². The smallest absolute Gasteiger partial charge is 0.191 e. The van der Waals surface area contributed by atoms with Gasteiger partial charge in [0.1, 0.15) is 0 Å². The van der Waals surface area contributed by atoms with E-state index >= 15 is 0 Å². The number of hydrogen-bond acceptors (Lipinski definition) is 5.